The molecule has 3 rings (SSSR count). The molecule has 20 heavy (non-hydrogen) atoms. The van der Waals surface area contributed by atoms with E-state index in [1.807, 2.05) is 0 Å². The fourth-order valence-electron chi connectivity index (χ4n) is 1.84. The molecule has 0 saturated heterocycles. The van der Waals surface area contributed by atoms with Crippen LogP contribution in [0.2, 0.25) is 0 Å². The molecule has 2 aromatic heterocycles. The predicted molar refractivity (Wildman–Crippen MR) is 70.2 cm³/mol. The van der Waals surface area contributed by atoms with Crippen LogP contribution in [0.1, 0.15) is 0 Å². The van der Waals surface area contributed by atoms with Gasteiger partial charge in [0, 0.05) is 6.07 Å². The summed E-state index contributed by atoms with van der Waals surface area (Å²) in [4.78, 5) is 11.0. The van der Waals surface area contributed by atoms with Crippen LogP contribution < -0.4 is 11.3 Å². The highest BCUT2D eigenvalue weighted by Gasteiger charge is 2.18. The molecule has 0 unspecified atom stereocenters. The van der Waals surface area contributed by atoms with Gasteiger partial charge in [-0.05, 0) is 23.8 Å². The van der Waals surface area contributed by atoms with E-state index < -0.39 is 0 Å². The Labute approximate surface area is 112 Å². The van der Waals surface area contributed by atoms with E-state index in [9.17, 15) is 9.18 Å². The van der Waals surface area contributed by atoms with Crippen molar-refractivity contribution in [2.24, 2.45) is 0 Å². The summed E-state index contributed by atoms with van der Waals surface area (Å²) in [5.74, 6) is 0.123. The Balaban J connectivity index is 2.16. The van der Waals surface area contributed by atoms with Crippen molar-refractivity contribution in [1.29, 1.82) is 0 Å². The van der Waals surface area contributed by atoms with Gasteiger partial charge in [0.05, 0.1) is 5.56 Å². The molecule has 0 radical (unpaired) electrons. The molecule has 1 aromatic carbocycles. The van der Waals surface area contributed by atoms with E-state index in [2.05, 4.69) is 15.4 Å². The van der Waals surface area contributed by atoms with Gasteiger partial charge in [0.25, 0.3) is 5.56 Å². The van der Waals surface area contributed by atoms with Crippen molar-refractivity contribution < 1.29 is 8.91 Å². The molecule has 0 fully saturated rings. The Bertz CT molecular complexity index is 787. The van der Waals surface area contributed by atoms with Crippen LogP contribution in [-0.4, -0.2) is 15.4 Å². The number of H-pyrrole nitrogens is 1. The monoisotopic (exact) mass is 272 g/mol. The Morgan fingerprint density at radius 3 is 2.55 bits per heavy atom. The third-order valence-electron chi connectivity index (χ3n) is 2.76. The first-order chi connectivity index (χ1) is 9.65. The topological polar surface area (TPSA) is 97.8 Å². The number of anilines is 1. The number of aromatic amines is 1. The molecule has 6 nitrogen and oxygen atoms in total. The van der Waals surface area contributed by atoms with E-state index in [1.54, 1.807) is 12.1 Å². The fraction of sp³-hybridized carbons (Fsp3) is 0. The molecule has 2 heterocycles. The van der Waals surface area contributed by atoms with Crippen molar-refractivity contribution in [1.82, 2.24) is 15.4 Å². The van der Waals surface area contributed by atoms with Crippen molar-refractivity contribution in [3.05, 3.63) is 52.6 Å². The van der Waals surface area contributed by atoms with Gasteiger partial charge >= 0.3 is 0 Å². The molecule has 0 spiro atoms. The highest BCUT2D eigenvalue weighted by atomic mass is 19.1. The molecule has 3 aromatic rings. The number of hydrogen-bond donors (Lipinski definition) is 2. The minimum Gasteiger partial charge on any atom is -0.380 e. The summed E-state index contributed by atoms with van der Waals surface area (Å²) in [6.45, 7) is 0. The number of nitrogen functional groups attached to an aromatic ring is 1. The summed E-state index contributed by atoms with van der Waals surface area (Å²) in [6.07, 6.45) is 0. The zero-order chi connectivity index (χ0) is 14.1. The summed E-state index contributed by atoms with van der Waals surface area (Å²) in [7, 11) is 0. The van der Waals surface area contributed by atoms with Crippen LogP contribution in [0.4, 0.5) is 10.2 Å². The van der Waals surface area contributed by atoms with Crippen molar-refractivity contribution in [3.63, 3.8) is 0 Å². The molecule has 0 bridgehead atoms. The van der Waals surface area contributed by atoms with E-state index in [-0.39, 0.29) is 17.2 Å². The molecule has 0 aliphatic carbocycles. The van der Waals surface area contributed by atoms with E-state index in [4.69, 9.17) is 10.3 Å². The quantitative estimate of drug-likeness (QED) is 0.741. The number of nitrogens with zero attached hydrogens (tertiary/aromatic N) is 2. The minimum atomic E-state index is -0.354. The normalized spacial score (nSPS) is 10.7. The Hall–Kier alpha value is -2.96. The number of nitrogens with two attached hydrogens (primary N) is 1. The van der Waals surface area contributed by atoms with E-state index in [0.29, 0.717) is 22.6 Å². The fourth-order valence-corrected chi connectivity index (χ4v) is 1.84. The Kier molecular flexibility index (Phi) is 2.79. The van der Waals surface area contributed by atoms with Gasteiger partial charge in [-0.2, -0.15) is 5.10 Å². The molecule has 0 amide bonds. The van der Waals surface area contributed by atoms with Gasteiger partial charge in [0.1, 0.15) is 11.5 Å². The number of nitrogens with one attached hydrogen (secondary N) is 1. The highest BCUT2D eigenvalue weighted by Crippen LogP contribution is 2.35. The summed E-state index contributed by atoms with van der Waals surface area (Å²) in [6, 6.07) is 8.56. The second-order valence-electron chi connectivity index (χ2n) is 4.09. The molecular weight excluding hydrogens is 263 g/mol. The van der Waals surface area contributed by atoms with E-state index in [0.717, 1.165) is 0 Å². The molecule has 0 aliphatic rings. The van der Waals surface area contributed by atoms with Crippen LogP contribution in [0.3, 0.4) is 0 Å². The molecule has 0 atom stereocenters. The third kappa shape index (κ3) is 2.05. The molecule has 3 N–H and O–H groups in total. The standard InChI is InChI=1S/C13H9FN4O2/c14-8-3-1-7(2-4-8)11-12(20-18-13(11)15)9-5-6-10(19)17-16-9/h1-6H,(H2,15,18)(H,17,19). The van der Waals surface area contributed by atoms with E-state index >= 15 is 0 Å². The molecule has 0 saturated carbocycles. The predicted octanol–water partition coefficient (Wildman–Crippen LogP) is 1.81. The first-order valence-electron chi connectivity index (χ1n) is 5.72. The zero-order valence-electron chi connectivity index (χ0n) is 10.1. The summed E-state index contributed by atoms with van der Waals surface area (Å²) < 4.78 is 18.1. The van der Waals surface area contributed by atoms with Gasteiger partial charge in [0.15, 0.2) is 11.6 Å². The van der Waals surface area contributed by atoms with Crippen molar-refractivity contribution >= 4 is 5.82 Å². The summed E-state index contributed by atoms with van der Waals surface area (Å²) >= 11 is 0. The van der Waals surface area contributed by atoms with Crippen molar-refractivity contribution in [3.8, 4) is 22.6 Å². The smallest absolute Gasteiger partial charge is 0.264 e. The maximum Gasteiger partial charge on any atom is 0.264 e. The lowest BCUT2D eigenvalue weighted by Crippen LogP contribution is -2.05. The largest absolute Gasteiger partial charge is 0.380 e. The molecular formula is C13H9FN4O2. The number of benzene rings is 1. The van der Waals surface area contributed by atoms with Gasteiger partial charge in [-0.1, -0.05) is 17.3 Å². The first kappa shape index (κ1) is 12.1. The third-order valence-corrected chi connectivity index (χ3v) is 2.76. The molecule has 100 valence electrons. The lowest BCUT2D eigenvalue weighted by Gasteiger charge is -2.01. The number of rotatable bonds is 2. The number of hydrogen-bond acceptors (Lipinski definition) is 5. The second-order valence-corrected chi connectivity index (χ2v) is 4.09. The minimum absolute atomic E-state index is 0.166. The maximum atomic E-state index is 13.0. The average Bonchev–Trinajstić information content (AvgIpc) is 2.83. The van der Waals surface area contributed by atoms with Crippen molar-refractivity contribution in [2.75, 3.05) is 5.73 Å². The van der Waals surface area contributed by atoms with Gasteiger partial charge < -0.3 is 10.3 Å². The van der Waals surface area contributed by atoms with Gasteiger partial charge in [-0.25, -0.2) is 9.49 Å². The van der Waals surface area contributed by atoms with Crippen LogP contribution in [0, 0.1) is 5.82 Å². The van der Waals surface area contributed by atoms with E-state index in [1.165, 1.54) is 24.3 Å². The summed E-state index contributed by atoms with van der Waals surface area (Å²) in [5, 5.41) is 9.86. The molecule has 0 aliphatic heterocycles. The number of halogens is 1. The van der Waals surface area contributed by atoms with Crippen LogP contribution >= 0.6 is 0 Å². The number of aromatic nitrogens is 3. The SMILES string of the molecule is Nc1noc(-c2ccc(=O)[nH]n2)c1-c1ccc(F)cc1. The molecule has 7 heteroatoms. The average molecular weight is 272 g/mol. The van der Waals surface area contributed by atoms with Gasteiger partial charge in [-0.3, -0.25) is 4.79 Å². The lowest BCUT2D eigenvalue weighted by atomic mass is 10.0. The highest BCUT2D eigenvalue weighted by molar-refractivity contribution is 5.85. The Morgan fingerprint density at radius 2 is 1.90 bits per heavy atom. The zero-order valence-corrected chi connectivity index (χ0v) is 10.1. The van der Waals surface area contributed by atoms with Crippen LogP contribution in [0.15, 0.2) is 45.7 Å². The lowest BCUT2D eigenvalue weighted by molar-refractivity contribution is 0.434. The first-order valence-corrected chi connectivity index (χ1v) is 5.72. The van der Waals surface area contributed by atoms with Gasteiger partial charge in [0.2, 0.25) is 0 Å². The van der Waals surface area contributed by atoms with Crippen molar-refractivity contribution in [2.45, 2.75) is 0 Å². The van der Waals surface area contributed by atoms with Gasteiger partial charge in [-0.15, -0.1) is 0 Å². The van der Waals surface area contributed by atoms with Crippen LogP contribution in [0.5, 0.6) is 0 Å². The second kappa shape index (κ2) is 4.61. The van der Waals surface area contributed by atoms with Crippen LogP contribution in [-0.2, 0) is 0 Å². The Morgan fingerprint density at radius 1 is 1.15 bits per heavy atom. The summed E-state index contributed by atoms with van der Waals surface area (Å²) in [5.41, 5.74) is 6.98. The van der Waals surface area contributed by atoms with Crippen LogP contribution in [0.25, 0.3) is 22.6 Å². The maximum absolute atomic E-state index is 13.0.